The average molecular weight is 316 g/mol. The zero-order valence-corrected chi connectivity index (χ0v) is 13.8. The van der Waals surface area contributed by atoms with Gasteiger partial charge in [-0.15, -0.1) is 0 Å². The summed E-state index contributed by atoms with van der Waals surface area (Å²) in [6.07, 6.45) is -0.267. The van der Waals surface area contributed by atoms with Gasteiger partial charge in [0.25, 0.3) is 0 Å². The normalized spacial score (nSPS) is 23.4. The van der Waals surface area contributed by atoms with Crippen molar-refractivity contribution in [3.05, 3.63) is 39.7 Å². The van der Waals surface area contributed by atoms with E-state index in [2.05, 4.69) is 0 Å². The largest absolute Gasteiger partial charge is 0.464 e. The Kier molecular flexibility index (Phi) is 3.76. The number of hydrogen-bond acceptors (Lipinski definition) is 5. The molecule has 5 nitrogen and oxygen atoms in total. The van der Waals surface area contributed by atoms with Gasteiger partial charge in [-0.25, -0.2) is 4.79 Å². The van der Waals surface area contributed by atoms with Crippen molar-refractivity contribution in [1.29, 1.82) is 0 Å². The van der Waals surface area contributed by atoms with Crippen molar-refractivity contribution < 1.29 is 18.7 Å². The minimum atomic E-state index is -0.982. The maximum atomic E-state index is 12.5. The van der Waals surface area contributed by atoms with E-state index < -0.39 is 17.3 Å². The Bertz CT molecular complexity index is 835. The third-order valence-electron chi connectivity index (χ3n) is 4.60. The van der Waals surface area contributed by atoms with Gasteiger partial charge in [0.2, 0.25) is 6.29 Å². The molecule has 0 unspecified atom stereocenters. The summed E-state index contributed by atoms with van der Waals surface area (Å²) in [4.78, 5) is 24.8. The predicted molar refractivity (Wildman–Crippen MR) is 85.9 cm³/mol. The van der Waals surface area contributed by atoms with Crippen LogP contribution in [0.25, 0.3) is 11.0 Å². The summed E-state index contributed by atoms with van der Waals surface area (Å²) in [5.74, 6) is 0.309. The van der Waals surface area contributed by atoms with Gasteiger partial charge in [0, 0.05) is 13.0 Å². The molecule has 0 saturated carbocycles. The van der Waals surface area contributed by atoms with E-state index in [1.807, 2.05) is 26.0 Å². The molecule has 2 heterocycles. The molecule has 2 atom stereocenters. The van der Waals surface area contributed by atoms with E-state index in [0.29, 0.717) is 29.9 Å². The fraction of sp³-hybridized carbons (Fsp3) is 0.444. The van der Waals surface area contributed by atoms with Gasteiger partial charge in [-0.05, 0) is 39.3 Å². The highest BCUT2D eigenvalue weighted by atomic mass is 16.7. The van der Waals surface area contributed by atoms with E-state index in [9.17, 15) is 9.59 Å². The molecule has 0 amide bonds. The average Bonchev–Trinajstić information content (AvgIpc) is 2.46. The Balaban J connectivity index is 2.38. The molecule has 0 N–H and O–H groups in total. The first-order valence-electron chi connectivity index (χ1n) is 7.74. The summed E-state index contributed by atoms with van der Waals surface area (Å²) in [6.45, 7) is 7.49. The highest BCUT2D eigenvalue weighted by Crippen LogP contribution is 2.44. The van der Waals surface area contributed by atoms with Crippen molar-refractivity contribution in [3.63, 3.8) is 0 Å². The Morgan fingerprint density at radius 3 is 2.83 bits per heavy atom. The monoisotopic (exact) mass is 316 g/mol. The molecule has 3 rings (SSSR count). The van der Waals surface area contributed by atoms with Crippen molar-refractivity contribution in [1.82, 2.24) is 0 Å². The zero-order valence-electron chi connectivity index (χ0n) is 13.8. The van der Waals surface area contributed by atoms with Crippen molar-refractivity contribution in [2.45, 2.75) is 45.8 Å². The Morgan fingerprint density at radius 2 is 2.17 bits per heavy atom. The van der Waals surface area contributed by atoms with Crippen molar-refractivity contribution >= 4 is 16.8 Å². The zero-order chi connectivity index (χ0) is 16.8. The molecule has 0 spiro atoms. The maximum absolute atomic E-state index is 12.5. The molecule has 2 aromatic rings. The lowest BCUT2D eigenvalue weighted by Crippen LogP contribution is -2.45. The number of fused-ring (bicyclic) bond motifs is 3. The molecule has 1 aromatic heterocycles. The standard InChI is InChI=1S/C18H20O5/c1-5-21-13-9-18(4,11(3)19)15-16(23-13)14-10(2)7-6-8-12(14)22-17(15)20/h6-8,13H,5,9H2,1-4H3/t13-,18+/m1/s1. The summed E-state index contributed by atoms with van der Waals surface area (Å²) >= 11 is 0. The van der Waals surface area contributed by atoms with Crippen LogP contribution in [0.3, 0.4) is 0 Å². The van der Waals surface area contributed by atoms with E-state index in [4.69, 9.17) is 13.9 Å². The number of carbonyl (C=O) groups is 1. The minimum Gasteiger partial charge on any atom is -0.464 e. The van der Waals surface area contributed by atoms with Crippen LogP contribution in [0, 0.1) is 6.92 Å². The van der Waals surface area contributed by atoms with Gasteiger partial charge in [0.15, 0.2) is 0 Å². The van der Waals surface area contributed by atoms with Crippen LogP contribution < -0.4 is 10.4 Å². The number of carbonyl (C=O) groups excluding carboxylic acids is 1. The maximum Gasteiger partial charge on any atom is 0.344 e. The van der Waals surface area contributed by atoms with E-state index in [1.54, 1.807) is 13.0 Å². The van der Waals surface area contributed by atoms with E-state index in [1.165, 1.54) is 6.92 Å². The molecule has 122 valence electrons. The van der Waals surface area contributed by atoms with Gasteiger partial charge in [-0.1, -0.05) is 12.1 Å². The molecular weight excluding hydrogens is 296 g/mol. The minimum absolute atomic E-state index is 0.105. The number of hydrogen-bond donors (Lipinski definition) is 0. The molecule has 0 radical (unpaired) electrons. The van der Waals surface area contributed by atoms with Crippen LogP contribution in [0.2, 0.25) is 0 Å². The second-order valence-electron chi connectivity index (χ2n) is 6.14. The molecule has 1 aromatic carbocycles. The van der Waals surface area contributed by atoms with E-state index in [-0.39, 0.29) is 5.78 Å². The molecule has 1 aliphatic heterocycles. The number of benzene rings is 1. The SMILES string of the molecule is CCO[C@H]1C[C@@](C)(C(C)=O)c2c(c3c(C)cccc3oc2=O)O1. The Labute approximate surface area is 134 Å². The van der Waals surface area contributed by atoms with Crippen molar-refractivity contribution in [3.8, 4) is 5.75 Å². The molecular formula is C18H20O5. The molecule has 1 aliphatic rings. The summed E-state index contributed by atoms with van der Waals surface area (Å²) in [5, 5.41) is 0.721. The number of rotatable bonds is 3. The fourth-order valence-electron chi connectivity index (χ4n) is 3.19. The Hall–Kier alpha value is -2.14. The third-order valence-corrected chi connectivity index (χ3v) is 4.60. The molecule has 0 saturated heterocycles. The van der Waals surface area contributed by atoms with Gasteiger partial charge < -0.3 is 13.9 Å². The van der Waals surface area contributed by atoms with Crippen molar-refractivity contribution in [2.75, 3.05) is 6.61 Å². The lowest BCUT2D eigenvalue weighted by molar-refractivity contribution is -0.133. The molecule has 23 heavy (non-hydrogen) atoms. The van der Waals surface area contributed by atoms with Crippen LogP contribution >= 0.6 is 0 Å². The lowest BCUT2D eigenvalue weighted by atomic mass is 9.74. The van der Waals surface area contributed by atoms with Crippen LogP contribution in [0.5, 0.6) is 5.75 Å². The highest BCUT2D eigenvalue weighted by Gasteiger charge is 2.46. The van der Waals surface area contributed by atoms with E-state index in [0.717, 1.165) is 10.9 Å². The van der Waals surface area contributed by atoms with Crippen molar-refractivity contribution in [2.24, 2.45) is 0 Å². The summed E-state index contributed by atoms with van der Waals surface area (Å²) in [6, 6.07) is 5.46. The van der Waals surface area contributed by atoms with Gasteiger partial charge in [-0.2, -0.15) is 0 Å². The van der Waals surface area contributed by atoms with Gasteiger partial charge >= 0.3 is 5.63 Å². The van der Waals surface area contributed by atoms with Crippen LogP contribution in [0.1, 0.15) is 38.3 Å². The van der Waals surface area contributed by atoms with Crippen LogP contribution in [-0.4, -0.2) is 18.7 Å². The van der Waals surface area contributed by atoms with E-state index >= 15 is 0 Å². The number of Topliss-reactive ketones (excluding diaryl/α,β-unsaturated/α-hetero) is 1. The Morgan fingerprint density at radius 1 is 1.43 bits per heavy atom. The van der Waals surface area contributed by atoms with Gasteiger partial charge in [0.05, 0.1) is 16.4 Å². The summed E-state index contributed by atoms with van der Waals surface area (Å²) < 4.78 is 17.0. The van der Waals surface area contributed by atoms with Gasteiger partial charge in [0.1, 0.15) is 17.1 Å². The van der Waals surface area contributed by atoms with Crippen LogP contribution in [0.15, 0.2) is 27.4 Å². The number of ether oxygens (including phenoxy) is 2. The van der Waals surface area contributed by atoms with Gasteiger partial charge in [-0.3, -0.25) is 4.79 Å². The van der Waals surface area contributed by atoms with Crippen LogP contribution in [-0.2, 0) is 14.9 Å². The fourth-order valence-corrected chi connectivity index (χ4v) is 3.19. The first-order chi connectivity index (χ1) is 10.9. The third kappa shape index (κ3) is 2.36. The molecule has 0 fully saturated rings. The highest BCUT2D eigenvalue weighted by molar-refractivity contribution is 5.94. The smallest absolute Gasteiger partial charge is 0.344 e. The second-order valence-corrected chi connectivity index (χ2v) is 6.14. The summed E-state index contributed by atoms with van der Waals surface area (Å²) in [7, 11) is 0. The topological polar surface area (TPSA) is 65.7 Å². The second kappa shape index (κ2) is 5.49. The first-order valence-corrected chi connectivity index (χ1v) is 7.74. The molecule has 0 bridgehead atoms. The predicted octanol–water partition coefficient (Wildman–Crippen LogP) is 3.09. The molecule has 5 heteroatoms. The first kappa shape index (κ1) is 15.7. The molecule has 0 aliphatic carbocycles. The quantitative estimate of drug-likeness (QED) is 0.814. The van der Waals surface area contributed by atoms with Crippen LogP contribution in [0.4, 0.5) is 0 Å². The summed E-state index contributed by atoms with van der Waals surface area (Å²) in [5.41, 5.74) is 0.167. The number of aryl methyl sites for hydroxylation is 1. The number of ketones is 1. The lowest BCUT2D eigenvalue weighted by Gasteiger charge is -2.37.